The van der Waals surface area contributed by atoms with E-state index in [1.54, 1.807) is 0 Å². The van der Waals surface area contributed by atoms with Crippen molar-refractivity contribution in [3.63, 3.8) is 0 Å². The Labute approximate surface area is 113 Å². The number of benzene rings is 1. The summed E-state index contributed by atoms with van der Waals surface area (Å²) in [5, 5.41) is 0. The number of ether oxygens (including phenoxy) is 1. The lowest BCUT2D eigenvalue weighted by Gasteiger charge is -2.23. The molecule has 0 bridgehead atoms. The molecule has 1 aromatic carbocycles. The minimum absolute atomic E-state index is 0.161. The number of hydrogen-bond acceptors (Lipinski definition) is 3. The van der Waals surface area contributed by atoms with Gasteiger partial charge in [0.1, 0.15) is 6.61 Å². The number of amides is 1. The first-order chi connectivity index (χ1) is 9.25. The van der Waals surface area contributed by atoms with Gasteiger partial charge < -0.3 is 14.5 Å². The van der Waals surface area contributed by atoms with Gasteiger partial charge in [-0.3, -0.25) is 0 Å². The van der Waals surface area contributed by atoms with E-state index in [0.717, 1.165) is 31.5 Å². The molecule has 2 atom stereocenters. The lowest BCUT2D eigenvalue weighted by molar-refractivity contribution is 0.0915. The van der Waals surface area contributed by atoms with Crippen molar-refractivity contribution in [1.82, 2.24) is 9.80 Å². The van der Waals surface area contributed by atoms with Gasteiger partial charge in [-0.2, -0.15) is 0 Å². The second-order valence-corrected chi connectivity index (χ2v) is 5.43. The summed E-state index contributed by atoms with van der Waals surface area (Å²) in [6, 6.07) is 10.7. The number of carbonyl (C=O) groups excluding carboxylic acids is 1. The topological polar surface area (TPSA) is 32.8 Å². The molecular weight excluding hydrogens is 240 g/mol. The Kier molecular flexibility index (Phi) is 3.42. The number of fused-ring (bicyclic) bond motifs is 1. The molecule has 0 N–H and O–H groups in total. The molecule has 2 aliphatic heterocycles. The van der Waals surface area contributed by atoms with Gasteiger partial charge in [-0.15, -0.1) is 0 Å². The Balaban J connectivity index is 1.57. The van der Waals surface area contributed by atoms with E-state index in [1.807, 2.05) is 35.2 Å². The van der Waals surface area contributed by atoms with Gasteiger partial charge in [0.05, 0.1) is 6.04 Å². The van der Waals surface area contributed by atoms with E-state index in [2.05, 4.69) is 11.9 Å². The van der Waals surface area contributed by atoms with Crippen LogP contribution < -0.4 is 0 Å². The summed E-state index contributed by atoms with van der Waals surface area (Å²) in [5.41, 5.74) is 1.04. The standard InChI is InChI=1S/C15H20N2O2/c1-16-9-7-14-13(16)8-10-17(14)15(18)19-11-12-5-3-2-4-6-12/h2-6,13-14H,7-11H2,1H3/t13-,14-/m1/s1. The Hall–Kier alpha value is -1.55. The van der Waals surface area contributed by atoms with E-state index in [-0.39, 0.29) is 6.09 Å². The van der Waals surface area contributed by atoms with Crippen molar-refractivity contribution in [2.24, 2.45) is 0 Å². The number of nitrogens with zero attached hydrogens (tertiary/aromatic N) is 2. The van der Waals surface area contributed by atoms with E-state index in [4.69, 9.17) is 4.74 Å². The lowest BCUT2D eigenvalue weighted by atomic mass is 10.1. The molecule has 0 saturated carbocycles. The smallest absolute Gasteiger partial charge is 0.410 e. The van der Waals surface area contributed by atoms with Crippen LogP contribution in [0.4, 0.5) is 4.79 Å². The summed E-state index contributed by atoms with van der Waals surface area (Å²) in [4.78, 5) is 16.4. The highest BCUT2D eigenvalue weighted by Crippen LogP contribution is 2.30. The highest BCUT2D eigenvalue weighted by atomic mass is 16.6. The SMILES string of the molecule is CN1CC[C@@H]2[C@H]1CCN2C(=O)OCc1ccccc1. The van der Waals surface area contributed by atoms with Gasteiger partial charge in [-0.05, 0) is 25.5 Å². The van der Waals surface area contributed by atoms with E-state index in [9.17, 15) is 4.79 Å². The van der Waals surface area contributed by atoms with Gasteiger partial charge in [0, 0.05) is 19.1 Å². The van der Waals surface area contributed by atoms with Crippen LogP contribution in [-0.4, -0.2) is 48.1 Å². The molecule has 1 aromatic rings. The van der Waals surface area contributed by atoms with Gasteiger partial charge in [0.15, 0.2) is 0 Å². The molecular formula is C15H20N2O2. The van der Waals surface area contributed by atoms with E-state index in [0.29, 0.717) is 18.7 Å². The van der Waals surface area contributed by atoms with Crippen LogP contribution in [-0.2, 0) is 11.3 Å². The first-order valence-electron chi connectivity index (χ1n) is 6.93. The number of hydrogen-bond donors (Lipinski definition) is 0. The minimum Gasteiger partial charge on any atom is -0.445 e. The van der Waals surface area contributed by atoms with E-state index >= 15 is 0 Å². The van der Waals surface area contributed by atoms with Crippen LogP contribution in [0.5, 0.6) is 0 Å². The van der Waals surface area contributed by atoms with Crippen molar-refractivity contribution in [2.75, 3.05) is 20.1 Å². The first kappa shape index (κ1) is 12.5. The van der Waals surface area contributed by atoms with Crippen LogP contribution in [0.2, 0.25) is 0 Å². The number of rotatable bonds is 2. The molecule has 2 saturated heterocycles. The molecule has 3 rings (SSSR count). The van der Waals surface area contributed by atoms with Gasteiger partial charge in [-0.25, -0.2) is 4.79 Å². The predicted molar refractivity (Wildman–Crippen MR) is 72.8 cm³/mol. The number of likely N-dealkylation sites (tertiary alicyclic amines) is 2. The molecule has 0 radical (unpaired) electrons. The monoisotopic (exact) mass is 260 g/mol. The van der Waals surface area contributed by atoms with Crippen LogP contribution in [0.1, 0.15) is 18.4 Å². The quantitative estimate of drug-likeness (QED) is 0.816. The molecule has 102 valence electrons. The molecule has 2 fully saturated rings. The fraction of sp³-hybridized carbons (Fsp3) is 0.533. The summed E-state index contributed by atoms with van der Waals surface area (Å²) in [5.74, 6) is 0. The molecule has 2 heterocycles. The van der Waals surface area contributed by atoms with Crippen LogP contribution in [0.25, 0.3) is 0 Å². The Bertz CT molecular complexity index is 449. The maximum absolute atomic E-state index is 12.2. The molecule has 4 heteroatoms. The highest BCUT2D eigenvalue weighted by Gasteiger charge is 2.43. The van der Waals surface area contributed by atoms with Gasteiger partial charge in [-0.1, -0.05) is 30.3 Å². The fourth-order valence-electron chi connectivity index (χ4n) is 3.23. The second kappa shape index (κ2) is 5.21. The van der Waals surface area contributed by atoms with Crippen molar-refractivity contribution >= 4 is 6.09 Å². The van der Waals surface area contributed by atoms with Crippen molar-refractivity contribution in [3.05, 3.63) is 35.9 Å². The molecule has 19 heavy (non-hydrogen) atoms. The highest BCUT2D eigenvalue weighted by molar-refractivity contribution is 5.68. The van der Waals surface area contributed by atoms with Crippen LogP contribution in [0.15, 0.2) is 30.3 Å². The summed E-state index contributed by atoms with van der Waals surface area (Å²) in [7, 11) is 2.14. The van der Waals surface area contributed by atoms with E-state index < -0.39 is 0 Å². The summed E-state index contributed by atoms with van der Waals surface area (Å²) in [6.45, 7) is 2.27. The zero-order chi connectivity index (χ0) is 13.2. The third kappa shape index (κ3) is 2.45. The molecule has 0 aliphatic carbocycles. The summed E-state index contributed by atoms with van der Waals surface area (Å²) < 4.78 is 5.42. The number of carbonyl (C=O) groups is 1. The lowest BCUT2D eigenvalue weighted by Crippen LogP contribution is -2.39. The van der Waals surface area contributed by atoms with Crippen LogP contribution in [0, 0.1) is 0 Å². The molecule has 0 spiro atoms. The third-order valence-corrected chi connectivity index (χ3v) is 4.29. The van der Waals surface area contributed by atoms with Crippen molar-refractivity contribution in [1.29, 1.82) is 0 Å². The third-order valence-electron chi connectivity index (χ3n) is 4.29. The zero-order valence-electron chi connectivity index (χ0n) is 11.3. The van der Waals surface area contributed by atoms with Gasteiger partial charge in [0.2, 0.25) is 0 Å². The Morgan fingerprint density at radius 3 is 2.74 bits per heavy atom. The molecule has 2 aliphatic rings. The van der Waals surface area contributed by atoms with E-state index in [1.165, 1.54) is 0 Å². The largest absolute Gasteiger partial charge is 0.445 e. The average molecular weight is 260 g/mol. The maximum atomic E-state index is 12.2. The maximum Gasteiger partial charge on any atom is 0.410 e. The Morgan fingerprint density at radius 1 is 1.21 bits per heavy atom. The fourth-order valence-corrected chi connectivity index (χ4v) is 3.23. The number of likely N-dealkylation sites (N-methyl/N-ethyl adjacent to an activating group) is 1. The zero-order valence-corrected chi connectivity index (χ0v) is 11.3. The average Bonchev–Trinajstić information content (AvgIpc) is 3.01. The van der Waals surface area contributed by atoms with Crippen molar-refractivity contribution in [3.8, 4) is 0 Å². The molecule has 0 aromatic heterocycles. The minimum atomic E-state index is -0.161. The van der Waals surface area contributed by atoms with Crippen molar-refractivity contribution < 1.29 is 9.53 Å². The molecule has 1 amide bonds. The molecule has 0 unspecified atom stereocenters. The molecule has 4 nitrogen and oxygen atoms in total. The summed E-state index contributed by atoms with van der Waals surface area (Å²) >= 11 is 0. The Morgan fingerprint density at radius 2 is 1.95 bits per heavy atom. The van der Waals surface area contributed by atoms with Gasteiger partial charge in [0.25, 0.3) is 0 Å². The summed E-state index contributed by atoms with van der Waals surface area (Å²) in [6.07, 6.45) is 1.98. The normalized spacial score (nSPS) is 26.5. The second-order valence-electron chi connectivity index (χ2n) is 5.43. The van der Waals surface area contributed by atoms with Crippen LogP contribution in [0.3, 0.4) is 0 Å². The van der Waals surface area contributed by atoms with Gasteiger partial charge >= 0.3 is 6.09 Å². The van der Waals surface area contributed by atoms with Crippen LogP contribution >= 0.6 is 0 Å². The van der Waals surface area contributed by atoms with Crippen molar-refractivity contribution in [2.45, 2.75) is 31.5 Å². The first-order valence-corrected chi connectivity index (χ1v) is 6.93. The predicted octanol–water partition coefficient (Wildman–Crippen LogP) is 2.10.